The van der Waals surface area contributed by atoms with E-state index in [1.54, 1.807) is 33.1 Å². The number of nitrogens with two attached hydrogens (primary N) is 1. The highest BCUT2D eigenvalue weighted by Gasteiger charge is 2.35. The van der Waals surface area contributed by atoms with Crippen molar-refractivity contribution in [2.45, 2.75) is 71.1 Å². The van der Waals surface area contributed by atoms with Crippen LogP contribution in [0.15, 0.2) is 54.6 Å². The van der Waals surface area contributed by atoms with Crippen LogP contribution in [0.2, 0.25) is 10.0 Å². The van der Waals surface area contributed by atoms with Gasteiger partial charge in [-0.3, -0.25) is 9.59 Å². The number of hydrogen-bond acceptors (Lipinski definition) is 7. The van der Waals surface area contributed by atoms with Crippen LogP contribution in [-0.4, -0.2) is 62.2 Å². The zero-order chi connectivity index (χ0) is 34.0. The zero-order valence-corrected chi connectivity index (χ0v) is 29.2. The highest BCUT2D eigenvalue weighted by molar-refractivity contribution is 6.37. The van der Waals surface area contributed by atoms with Crippen molar-refractivity contribution in [3.63, 3.8) is 0 Å². The zero-order valence-electron chi connectivity index (χ0n) is 27.7. The fraction of sp³-hybridized carbons (Fsp3) is 0.459. The van der Waals surface area contributed by atoms with Gasteiger partial charge < -0.3 is 29.6 Å². The SMILES string of the molecule is COCCCc1cc(CN(C(=O)C(CN)Cc2ccc(OCCOc3c(Cl)cc(C)cc3Cl)cc2)C2CC2)cc(OC(C)(C)C=O)c1. The number of methoxy groups -OCH3 is 1. The number of benzene rings is 3. The van der Waals surface area contributed by atoms with Gasteiger partial charge in [-0.05, 0) is 112 Å². The van der Waals surface area contributed by atoms with E-state index in [0.717, 1.165) is 54.2 Å². The molecular weight excluding hydrogens is 639 g/mol. The van der Waals surface area contributed by atoms with Crippen LogP contribution in [-0.2, 0) is 33.7 Å². The van der Waals surface area contributed by atoms with Crippen LogP contribution >= 0.6 is 23.2 Å². The normalized spacial score (nSPS) is 13.6. The van der Waals surface area contributed by atoms with E-state index in [1.165, 1.54) is 0 Å². The molecule has 4 rings (SSSR count). The largest absolute Gasteiger partial charge is 0.490 e. The number of amides is 1. The van der Waals surface area contributed by atoms with Crippen LogP contribution in [0.4, 0.5) is 0 Å². The lowest BCUT2D eigenvalue weighted by molar-refractivity contribution is -0.136. The second-order valence-electron chi connectivity index (χ2n) is 12.6. The fourth-order valence-electron chi connectivity index (χ4n) is 5.38. The summed E-state index contributed by atoms with van der Waals surface area (Å²) in [5, 5.41) is 0.931. The van der Waals surface area contributed by atoms with Gasteiger partial charge in [0.2, 0.25) is 5.91 Å². The van der Waals surface area contributed by atoms with Crippen molar-refractivity contribution < 1.29 is 28.5 Å². The molecule has 3 aromatic rings. The Kier molecular flexibility index (Phi) is 13.4. The summed E-state index contributed by atoms with van der Waals surface area (Å²) in [6.07, 6.45) is 4.90. The molecule has 3 aromatic carbocycles. The summed E-state index contributed by atoms with van der Waals surface area (Å²) in [5.41, 5.74) is 9.23. The summed E-state index contributed by atoms with van der Waals surface area (Å²) in [6.45, 7) is 7.30. The molecule has 0 aliphatic heterocycles. The van der Waals surface area contributed by atoms with E-state index in [4.69, 9.17) is 47.9 Å². The second kappa shape index (κ2) is 17.2. The van der Waals surface area contributed by atoms with Gasteiger partial charge in [0.1, 0.15) is 24.7 Å². The van der Waals surface area contributed by atoms with Gasteiger partial charge in [-0.15, -0.1) is 0 Å². The Morgan fingerprint density at radius 1 is 0.957 bits per heavy atom. The van der Waals surface area contributed by atoms with Gasteiger partial charge in [-0.25, -0.2) is 0 Å². The quantitative estimate of drug-likeness (QED) is 0.107. The van der Waals surface area contributed by atoms with Crippen LogP contribution in [0, 0.1) is 12.8 Å². The summed E-state index contributed by atoms with van der Waals surface area (Å²) >= 11 is 12.5. The maximum atomic E-state index is 13.9. The predicted molar refractivity (Wildman–Crippen MR) is 186 cm³/mol. The van der Waals surface area contributed by atoms with Gasteiger partial charge in [0.25, 0.3) is 0 Å². The van der Waals surface area contributed by atoms with Gasteiger partial charge in [0.15, 0.2) is 17.6 Å². The molecule has 2 N–H and O–H groups in total. The molecule has 1 saturated carbocycles. The minimum absolute atomic E-state index is 0.0429. The fourth-order valence-corrected chi connectivity index (χ4v) is 6.09. The van der Waals surface area contributed by atoms with E-state index < -0.39 is 5.60 Å². The number of carbonyl (C=O) groups excluding carboxylic acids is 2. The standard InChI is InChI=1S/C37H46Cl2N2O6/c1-25-16-33(38)35(34(39)17-25)46-15-14-45-31-11-7-26(8-12-31)19-29(22-40)36(43)41(30-9-10-30)23-28-18-27(6-5-13-44-4)20-32(21-28)47-37(2,3)24-42/h7-8,11-12,16-18,20-21,24,29-30H,5-6,9-10,13-15,19,22-23,40H2,1-4H3. The molecule has 0 saturated heterocycles. The molecule has 0 heterocycles. The first-order valence-corrected chi connectivity index (χ1v) is 16.8. The molecule has 254 valence electrons. The third kappa shape index (κ3) is 11.1. The van der Waals surface area contributed by atoms with Crippen LogP contribution < -0.4 is 19.9 Å². The van der Waals surface area contributed by atoms with E-state index >= 15 is 0 Å². The third-order valence-corrected chi connectivity index (χ3v) is 8.47. The minimum Gasteiger partial charge on any atom is -0.490 e. The van der Waals surface area contributed by atoms with Crippen molar-refractivity contribution in [1.29, 1.82) is 0 Å². The lowest BCUT2D eigenvalue weighted by Crippen LogP contribution is -2.41. The van der Waals surface area contributed by atoms with Crippen molar-refractivity contribution in [3.05, 3.63) is 86.9 Å². The smallest absolute Gasteiger partial charge is 0.227 e. The first kappa shape index (κ1) is 36.5. The Labute approximate surface area is 288 Å². The molecule has 1 atom stereocenters. The van der Waals surface area contributed by atoms with Gasteiger partial charge in [0, 0.05) is 32.8 Å². The molecular formula is C37H46Cl2N2O6. The number of aryl methyl sites for hydroxylation is 2. The molecule has 1 unspecified atom stereocenters. The number of ether oxygens (including phenoxy) is 4. The predicted octanol–water partition coefficient (Wildman–Crippen LogP) is 7.00. The van der Waals surface area contributed by atoms with E-state index in [9.17, 15) is 9.59 Å². The molecule has 0 bridgehead atoms. The third-order valence-electron chi connectivity index (χ3n) is 7.91. The number of rotatable bonds is 19. The molecule has 1 aliphatic carbocycles. The topological polar surface area (TPSA) is 100 Å². The number of aldehydes is 1. The molecule has 47 heavy (non-hydrogen) atoms. The van der Waals surface area contributed by atoms with E-state index in [-0.39, 0.29) is 31.0 Å². The number of nitrogens with zero attached hydrogens (tertiary/aromatic N) is 1. The number of carbonyl (C=O) groups is 2. The molecule has 10 heteroatoms. The highest BCUT2D eigenvalue weighted by Crippen LogP contribution is 2.34. The summed E-state index contributed by atoms with van der Waals surface area (Å²) in [7, 11) is 1.69. The lowest BCUT2D eigenvalue weighted by Gasteiger charge is -2.28. The average molecular weight is 686 g/mol. The average Bonchev–Trinajstić information content (AvgIpc) is 3.87. The summed E-state index contributed by atoms with van der Waals surface area (Å²) in [5.74, 6) is 1.42. The second-order valence-corrected chi connectivity index (χ2v) is 13.5. The molecule has 1 amide bonds. The van der Waals surface area contributed by atoms with E-state index in [2.05, 4.69) is 6.07 Å². The molecule has 1 aliphatic rings. The lowest BCUT2D eigenvalue weighted by atomic mass is 9.97. The number of hydrogen-bond donors (Lipinski definition) is 1. The van der Waals surface area contributed by atoms with Gasteiger partial charge in [0.05, 0.1) is 16.0 Å². The molecule has 8 nitrogen and oxygen atoms in total. The van der Waals surface area contributed by atoms with Crippen molar-refractivity contribution in [2.75, 3.05) is 33.5 Å². The molecule has 0 spiro atoms. The van der Waals surface area contributed by atoms with Crippen LogP contribution in [0.5, 0.6) is 17.2 Å². The maximum Gasteiger partial charge on any atom is 0.227 e. The first-order chi connectivity index (χ1) is 22.5. The van der Waals surface area contributed by atoms with Crippen molar-refractivity contribution in [3.8, 4) is 17.2 Å². The number of halogens is 2. The van der Waals surface area contributed by atoms with Gasteiger partial charge in [-0.2, -0.15) is 0 Å². The Hall–Kier alpha value is -3.30. The summed E-state index contributed by atoms with van der Waals surface area (Å²) in [4.78, 5) is 27.5. The molecule has 0 radical (unpaired) electrons. The summed E-state index contributed by atoms with van der Waals surface area (Å²) < 4.78 is 22.9. The van der Waals surface area contributed by atoms with Crippen LogP contribution in [0.25, 0.3) is 0 Å². The van der Waals surface area contributed by atoms with Crippen molar-refractivity contribution in [1.82, 2.24) is 4.90 Å². The van der Waals surface area contributed by atoms with Crippen LogP contribution in [0.1, 0.15) is 55.4 Å². The Bertz CT molecular complexity index is 1470. The van der Waals surface area contributed by atoms with E-state index in [0.29, 0.717) is 53.5 Å². The Morgan fingerprint density at radius 3 is 2.23 bits per heavy atom. The van der Waals surface area contributed by atoms with Gasteiger partial charge >= 0.3 is 0 Å². The monoisotopic (exact) mass is 684 g/mol. The van der Waals surface area contributed by atoms with Crippen molar-refractivity contribution in [2.24, 2.45) is 11.7 Å². The van der Waals surface area contributed by atoms with Crippen LogP contribution in [0.3, 0.4) is 0 Å². The summed E-state index contributed by atoms with van der Waals surface area (Å²) in [6, 6.07) is 17.5. The first-order valence-electron chi connectivity index (χ1n) is 16.1. The Balaban J connectivity index is 1.38. The van der Waals surface area contributed by atoms with Crippen molar-refractivity contribution >= 4 is 35.4 Å². The maximum absolute atomic E-state index is 13.9. The highest BCUT2D eigenvalue weighted by atomic mass is 35.5. The molecule has 0 aromatic heterocycles. The van der Waals surface area contributed by atoms with Gasteiger partial charge in [-0.1, -0.05) is 41.4 Å². The van der Waals surface area contributed by atoms with E-state index in [1.807, 2.05) is 48.2 Å². The minimum atomic E-state index is -0.961. The Morgan fingerprint density at radius 2 is 1.62 bits per heavy atom. The molecule has 1 fully saturated rings.